The largest absolute Gasteiger partial charge is 0.381 e. The van der Waals surface area contributed by atoms with Gasteiger partial charge in [0.2, 0.25) is 0 Å². The number of methoxy groups -OCH3 is 1. The highest BCUT2D eigenvalue weighted by molar-refractivity contribution is 4.90. The summed E-state index contributed by atoms with van der Waals surface area (Å²) in [4.78, 5) is 5.38. The molecule has 3 aliphatic rings. The van der Waals surface area contributed by atoms with Crippen LogP contribution in [-0.4, -0.2) is 74.9 Å². The highest BCUT2D eigenvalue weighted by atomic mass is 16.5. The van der Waals surface area contributed by atoms with Crippen molar-refractivity contribution in [3.05, 3.63) is 0 Å². The molecule has 0 unspecified atom stereocenters. The van der Waals surface area contributed by atoms with Gasteiger partial charge in [-0.25, -0.2) is 0 Å². The molecule has 0 bridgehead atoms. The Kier molecular flexibility index (Phi) is 4.74. The van der Waals surface area contributed by atoms with Crippen LogP contribution < -0.4 is 5.32 Å². The number of piperidine rings is 1. The molecule has 0 aromatic rings. The molecule has 0 atom stereocenters. The third kappa shape index (κ3) is 3.48. The van der Waals surface area contributed by atoms with E-state index in [0.29, 0.717) is 6.10 Å². The molecule has 110 valence electrons. The quantitative estimate of drug-likeness (QED) is 0.815. The van der Waals surface area contributed by atoms with E-state index in [9.17, 15) is 0 Å². The smallest absolute Gasteiger partial charge is 0.0601 e. The lowest BCUT2D eigenvalue weighted by molar-refractivity contribution is -0.0414. The Hall–Kier alpha value is -0.160. The maximum Gasteiger partial charge on any atom is 0.0601 e. The molecule has 1 aliphatic carbocycles. The van der Waals surface area contributed by atoms with Crippen molar-refractivity contribution in [1.82, 2.24) is 15.1 Å². The summed E-state index contributed by atoms with van der Waals surface area (Å²) in [6.45, 7) is 8.88. The fourth-order valence-electron chi connectivity index (χ4n) is 3.77. The molecule has 19 heavy (non-hydrogen) atoms. The lowest BCUT2D eigenvalue weighted by atomic mass is 9.87. The van der Waals surface area contributed by atoms with Crippen molar-refractivity contribution in [1.29, 1.82) is 0 Å². The van der Waals surface area contributed by atoms with Crippen LogP contribution in [0.25, 0.3) is 0 Å². The number of nitrogens with zero attached hydrogens (tertiary/aromatic N) is 2. The molecule has 1 N–H and O–H groups in total. The van der Waals surface area contributed by atoms with Crippen LogP contribution in [0.1, 0.15) is 25.7 Å². The van der Waals surface area contributed by atoms with E-state index in [4.69, 9.17) is 4.74 Å². The Labute approximate surface area is 117 Å². The molecule has 4 nitrogen and oxygen atoms in total. The van der Waals surface area contributed by atoms with Crippen molar-refractivity contribution >= 4 is 0 Å². The normalized spacial score (nSPS) is 35.2. The van der Waals surface area contributed by atoms with Crippen molar-refractivity contribution < 1.29 is 4.74 Å². The van der Waals surface area contributed by atoms with Gasteiger partial charge in [0.1, 0.15) is 0 Å². The topological polar surface area (TPSA) is 27.7 Å². The van der Waals surface area contributed by atoms with E-state index < -0.39 is 0 Å². The molecule has 2 aliphatic heterocycles. The number of hydrogen-bond donors (Lipinski definition) is 1. The number of piperazine rings is 1. The summed E-state index contributed by atoms with van der Waals surface area (Å²) in [7, 11) is 1.85. The average molecular weight is 267 g/mol. The number of ether oxygens (including phenoxy) is 1. The van der Waals surface area contributed by atoms with Crippen LogP contribution in [0.5, 0.6) is 0 Å². The van der Waals surface area contributed by atoms with Crippen LogP contribution in [-0.2, 0) is 4.74 Å². The maximum absolute atomic E-state index is 5.39. The Balaban J connectivity index is 1.35. The van der Waals surface area contributed by atoms with Crippen LogP contribution in [0.3, 0.4) is 0 Å². The van der Waals surface area contributed by atoms with Gasteiger partial charge < -0.3 is 15.0 Å². The zero-order valence-corrected chi connectivity index (χ0v) is 12.3. The molecule has 1 saturated carbocycles. The average Bonchev–Trinajstić information content (AvgIpc) is 2.41. The van der Waals surface area contributed by atoms with E-state index in [0.717, 1.165) is 12.0 Å². The lowest BCUT2D eigenvalue weighted by Gasteiger charge is -2.46. The minimum Gasteiger partial charge on any atom is -0.381 e. The van der Waals surface area contributed by atoms with E-state index in [1.807, 2.05) is 7.11 Å². The molecular weight excluding hydrogens is 238 g/mol. The van der Waals surface area contributed by atoms with Crippen molar-refractivity contribution in [2.45, 2.75) is 37.8 Å². The van der Waals surface area contributed by atoms with Crippen LogP contribution >= 0.6 is 0 Å². The summed E-state index contributed by atoms with van der Waals surface area (Å²) >= 11 is 0. The first-order valence-corrected chi connectivity index (χ1v) is 8.05. The highest BCUT2D eigenvalue weighted by Gasteiger charge is 2.35. The van der Waals surface area contributed by atoms with Crippen molar-refractivity contribution in [3.63, 3.8) is 0 Å². The van der Waals surface area contributed by atoms with Gasteiger partial charge in [-0.1, -0.05) is 0 Å². The van der Waals surface area contributed by atoms with E-state index in [-0.39, 0.29) is 0 Å². The second kappa shape index (κ2) is 6.53. The molecule has 3 fully saturated rings. The van der Waals surface area contributed by atoms with Gasteiger partial charge in [0.25, 0.3) is 0 Å². The molecular formula is C15H29N3O. The Morgan fingerprint density at radius 2 is 1.74 bits per heavy atom. The SMILES string of the molecule is CO[C@H]1C[C@H](N2CCN(CC3CCNCC3)CC2)C1. The van der Waals surface area contributed by atoms with E-state index >= 15 is 0 Å². The first kappa shape index (κ1) is 13.8. The number of nitrogens with one attached hydrogen (secondary N) is 1. The van der Waals surface area contributed by atoms with Gasteiger partial charge in [0.05, 0.1) is 6.10 Å². The molecule has 4 heteroatoms. The van der Waals surface area contributed by atoms with E-state index in [1.165, 1.54) is 71.5 Å². The Morgan fingerprint density at radius 3 is 2.37 bits per heavy atom. The van der Waals surface area contributed by atoms with Crippen LogP contribution in [0, 0.1) is 5.92 Å². The predicted octanol–water partition coefficient (Wildman–Crippen LogP) is 0.781. The van der Waals surface area contributed by atoms with Crippen molar-refractivity contribution in [2.75, 3.05) is 52.9 Å². The zero-order chi connectivity index (χ0) is 13.1. The number of hydrogen-bond acceptors (Lipinski definition) is 4. The van der Waals surface area contributed by atoms with Crippen LogP contribution in [0.2, 0.25) is 0 Å². The summed E-state index contributed by atoms with van der Waals surface area (Å²) in [5.41, 5.74) is 0. The minimum absolute atomic E-state index is 0.540. The Morgan fingerprint density at radius 1 is 1.05 bits per heavy atom. The third-order valence-corrected chi connectivity index (χ3v) is 5.30. The standard InChI is InChI=1S/C15H29N3O/c1-19-15-10-14(11-15)18-8-6-17(7-9-18)12-13-2-4-16-5-3-13/h13-16H,2-12H2,1H3/t14-,15-. The van der Waals surface area contributed by atoms with Gasteiger partial charge in [-0.05, 0) is 44.7 Å². The predicted molar refractivity (Wildman–Crippen MR) is 77.4 cm³/mol. The fourth-order valence-corrected chi connectivity index (χ4v) is 3.77. The summed E-state index contributed by atoms with van der Waals surface area (Å²) in [6, 6.07) is 0.811. The molecule has 0 aromatic carbocycles. The highest BCUT2D eigenvalue weighted by Crippen LogP contribution is 2.28. The molecule has 2 saturated heterocycles. The molecule has 3 rings (SSSR count). The fraction of sp³-hybridized carbons (Fsp3) is 1.00. The first-order chi connectivity index (χ1) is 9.35. The summed E-state index contributed by atoms with van der Waals surface area (Å²) < 4.78 is 5.39. The van der Waals surface area contributed by atoms with Crippen LogP contribution in [0.4, 0.5) is 0 Å². The molecule has 0 spiro atoms. The van der Waals surface area contributed by atoms with Crippen LogP contribution in [0.15, 0.2) is 0 Å². The molecule has 2 heterocycles. The summed E-state index contributed by atoms with van der Waals surface area (Å²) in [6.07, 6.45) is 5.80. The monoisotopic (exact) mass is 267 g/mol. The van der Waals surface area contributed by atoms with E-state index in [2.05, 4.69) is 15.1 Å². The van der Waals surface area contributed by atoms with Crippen molar-refractivity contribution in [2.24, 2.45) is 5.92 Å². The van der Waals surface area contributed by atoms with Gasteiger partial charge in [-0.15, -0.1) is 0 Å². The second-order valence-corrected chi connectivity index (χ2v) is 6.51. The first-order valence-electron chi connectivity index (χ1n) is 8.05. The number of rotatable bonds is 4. The molecule has 0 radical (unpaired) electrons. The third-order valence-electron chi connectivity index (χ3n) is 5.30. The second-order valence-electron chi connectivity index (χ2n) is 6.51. The molecule has 0 aromatic heterocycles. The maximum atomic E-state index is 5.39. The van der Waals surface area contributed by atoms with Gasteiger partial charge in [-0.3, -0.25) is 4.90 Å². The lowest BCUT2D eigenvalue weighted by Crippen LogP contribution is -2.56. The van der Waals surface area contributed by atoms with E-state index in [1.54, 1.807) is 0 Å². The van der Waals surface area contributed by atoms with Gasteiger partial charge in [0.15, 0.2) is 0 Å². The Bertz CT molecular complexity index is 267. The van der Waals surface area contributed by atoms with Gasteiger partial charge >= 0.3 is 0 Å². The molecule has 0 amide bonds. The zero-order valence-electron chi connectivity index (χ0n) is 12.3. The summed E-state index contributed by atoms with van der Waals surface area (Å²) in [5, 5.41) is 3.46. The van der Waals surface area contributed by atoms with Gasteiger partial charge in [-0.2, -0.15) is 0 Å². The summed E-state index contributed by atoms with van der Waals surface area (Å²) in [5.74, 6) is 0.939. The van der Waals surface area contributed by atoms with Gasteiger partial charge in [0, 0.05) is 45.9 Å². The van der Waals surface area contributed by atoms with Crippen molar-refractivity contribution in [3.8, 4) is 0 Å². The minimum atomic E-state index is 0.540.